The third-order valence-corrected chi connectivity index (χ3v) is 2.26. The van der Waals surface area contributed by atoms with Crippen molar-refractivity contribution in [2.45, 2.75) is 13.8 Å². The zero-order valence-electron chi connectivity index (χ0n) is 9.24. The molecule has 1 aliphatic rings. The molecule has 0 unspecified atom stereocenters. The molecular formula is C9H18N2O3. The van der Waals surface area contributed by atoms with Gasteiger partial charge in [0.15, 0.2) is 0 Å². The molecule has 0 N–H and O–H groups in total. The number of likely N-dealkylation sites (N-methyl/N-ethyl adjacent to an activating group) is 2. The standard InChI is InChI=1S/C7H15N2.C2H4O3/c1-4-9-6-5-8(3)7(9)2;1-5-2(3)4/h4-6H2,1-3H3;1H3,(H,3,4)/q+1;/p-1. The summed E-state index contributed by atoms with van der Waals surface area (Å²) in [6, 6.07) is 0. The average Bonchev–Trinajstić information content (AvgIpc) is 2.48. The van der Waals surface area contributed by atoms with Crippen molar-refractivity contribution in [3.8, 4) is 0 Å². The lowest BCUT2D eigenvalue weighted by Crippen LogP contribution is -2.25. The molecule has 0 fully saturated rings. The lowest BCUT2D eigenvalue weighted by molar-refractivity contribution is -0.487. The van der Waals surface area contributed by atoms with Crippen molar-refractivity contribution < 1.29 is 19.2 Å². The van der Waals surface area contributed by atoms with Gasteiger partial charge in [-0.15, -0.1) is 0 Å². The van der Waals surface area contributed by atoms with Crippen LogP contribution in [-0.4, -0.2) is 55.3 Å². The second-order valence-electron chi connectivity index (χ2n) is 3.00. The van der Waals surface area contributed by atoms with Gasteiger partial charge in [0.05, 0.1) is 13.6 Å². The van der Waals surface area contributed by atoms with Gasteiger partial charge in [-0.1, -0.05) is 0 Å². The number of carbonyl (C=O) groups excluding carboxylic acids is 1. The minimum atomic E-state index is -1.50. The normalized spacial score (nSPS) is 15.0. The number of amidine groups is 1. The lowest BCUT2D eigenvalue weighted by Gasteiger charge is -2.04. The van der Waals surface area contributed by atoms with Crippen molar-refractivity contribution >= 4 is 12.0 Å². The lowest BCUT2D eigenvalue weighted by atomic mass is 10.5. The quantitative estimate of drug-likeness (QED) is 0.419. The van der Waals surface area contributed by atoms with Crippen molar-refractivity contribution in [1.29, 1.82) is 0 Å². The molecule has 0 saturated heterocycles. The fourth-order valence-electron chi connectivity index (χ4n) is 1.22. The predicted octanol–water partition coefficient (Wildman–Crippen LogP) is -0.641. The van der Waals surface area contributed by atoms with Crippen LogP contribution in [0.15, 0.2) is 0 Å². The third-order valence-electron chi connectivity index (χ3n) is 2.26. The molecule has 0 aromatic carbocycles. The van der Waals surface area contributed by atoms with E-state index in [9.17, 15) is 0 Å². The van der Waals surface area contributed by atoms with Crippen LogP contribution >= 0.6 is 0 Å². The van der Waals surface area contributed by atoms with Gasteiger partial charge in [0.2, 0.25) is 5.84 Å². The van der Waals surface area contributed by atoms with Gasteiger partial charge in [0, 0.05) is 14.0 Å². The Kier molecular flexibility index (Phi) is 5.67. The Balaban J connectivity index is 0.000000292. The number of ether oxygens (including phenoxy) is 1. The Morgan fingerprint density at radius 2 is 2.21 bits per heavy atom. The first kappa shape index (κ1) is 12.7. The van der Waals surface area contributed by atoms with Gasteiger partial charge in [-0.25, -0.2) is 0 Å². The van der Waals surface area contributed by atoms with Crippen LogP contribution in [0.3, 0.4) is 0 Å². The summed E-state index contributed by atoms with van der Waals surface area (Å²) in [5.41, 5.74) is 0. The van der Waals surface area contributed by atoms with Crippen molar-refractivity contribution in [2.24, 2.45) is 0 Å². The summed E-state index contributed by atoms with van der Waals surface area (Å²) in [5, 5.41) is 9.03. The molecule has 1 aliphatic heterocycles. The van der Waals surface area contributed by atoms with Crippen molar-refractivity contribution in [3.63, 3.8) is 0 Å². The highest BCUT2D eigenvalue weighted by Crippen LogP contribution is 1.97. The van der Waals surface area contributed by atoms with E-state index in [0.29, 0.717) is 0 Å². The maximum Gasteiger partial charge on any atom is 0.251 e. The topological polar surface area (TPSA) is 55.6 Å². The van der Waals surface area contributed by atoms with Crippen molar-refractivity contribution in [2.75, 3.05) is 33.8 Å². The second-order valence-corrected chi connectivity index (χ2v) is 3.00. The highest BCUT2D eigenvalue weighted by Gasteiger charge is 2.21. The van der Waals surface area contributed by atoms with Crippen LogP contribution in [-0.2, 0) is 4.74 Å². The largest absolute Gasteiger partial charge is 0.553 e. The molecule has 14 heavy (non-hydrogen) atoms. The van der Waals surface area contributed by atoms with Crippen LogP contribution in [0.5, 0.6) is 0 Å². The summed E-state index contributed by atoms with van der Waals surface area (Å²) in [6.45, 7) is 7.92. The molecular weight excluding hydrogens is 184 g/mol. The smallest absolute Gasteiger partial charge is 0.251 e. The third kappa shape index (κ3) is 4.11. The number of methoxy groups -OCH3 is 1. The van der Waals surface area contributed by atoms with E-state index in [1.54, 1.807) is 0 Å². The van der Waals surface area contributed by atoms with Crippen molar-refractivity contribution in [1.82, 2.24) is 4.90 Å². The van der Waals surface area contributed by atoms with E-state index < -0.39 is 6.16 Å². The van der Waals surface area contributed by atoms with Crippen LogP contribution in [0.25, 0.3) is 0 Å². The first-order valence-electron chi connectivity index (χ1n) is 4.57. The van der Waals surface area contributed by atoms with Gasteiger partial charge in [-0.05, 0) is 6.92 Å². The van der Waals surface area contributed by atoms with Gasteiger partial charge in [0.25, 0.3) is 6.16 Å². The van der Waals surface area contributed by atoms with E-state index in [1.807, 2.05) is 0 Å². The number of rotatable bonds is 1. The molecule has 0 aliphatic carbocycles. The molecule has 0 bridgehead atoms. The Labute approximate surface area is 84.6 Å². The molecule has 5 nitrogen and oxygen atoms in total. The predicted molar refractivity (Wildman–Crippen MR) is 51.4 cm³/mol. The first-order valence-corrected chi connectivity index (χ1v) is 4.57. The van der Waals surface area contributed by atoms with E-state index >= 15 is 0 Å². The Morgan fingerprint density at radius 3 is 2.36 bits per heavy atom. The highest BCUT2D eigenvalue weighted by atomic mass is 16.6. The zero-order chi connectivity index (χ0) is 11.1. The van der Waals surface area contributed by atoms with Gasteiger partial charge in [-0.2, -0.15) is 0 Å². The van der Waals surface area contributed by atoms with E-state index in [2.05, 4.69) is 35.1 Å². The van der Waals surface area contributed by atoms with Crippen LogP contribution in [0.4, 0.5) is 4.79 Å². The Bertz CT molecular complexity index is 226. The summed E-state index contributed by atoms with van der Waals surface area (Å²) in [5.74, 6) is 1.41. The number of carbonyl (C=O) groups is 1. The number of carboxylic acid groups (broad SMARTS) is 1. The van der Waals surface area contributed by atoms with E-state index in [1.165, 1.54) is 18.9 Å². The van der Waals surface area contributed by atoms with Crippen LogP contribution in [0.1, 0.15) is 13.8 Å². The molecule has 0 spiro atoms. The minimum Gasteiger partial charge on any atom is -0.553 e. The second kappa shape index (κ2) is 6.23. The maximum absolute atomic E-state index is 9.03. The van der Waals surface area contributed by atoms with Gasteiger partial charge in [-0.3, -0.25) is 9.48 Å². The molecule has 5 heteroatoms. The molecule has 0 aromatic heterocycles. The van der Waals surface area contributed by atoms with Gasteiger partial charge < -0.3 is 14.6 Å². The van der Waals surface area contributed by atoms with Gasteiger partial charge in [0.1, 0.15) is 13.1 Å². The van der Waals surface area contributed by atoms with Gasteiger partial charge >= 0.3 is 0 Å². The van der Waals surface area contributed by atoms with E-state index in [4.69, 9.17) is 9.90 Å². The summed E-state index contributed by atoms with van der Waals surface area (Å²) in [7, 11) is 3.18. The van der Waals surface area contributed by atoms with E-state index in [-0.39, 0.29) is 0 Å². The Morgan fingerprint density at radius 1 is 1.71 bits per heavy atom. The highest BCUT2D eigenvalue weighted by molar-refractivity contribution is 5.75. The SMILES string of the molecule is CCN1CC[N+](C)=C1C.COC(=O)[O-]. The van der Waals surface area contributed by atoms with Crippen LogP contribution in [0, 0.1) is 0 Å². The van der Waals surface area contributed by atoms with Crippen LogP contribution < -0.4 is 5.11 Å². The summed E-state index contributed by atoms with van der Waals surface area (Å²) >= 11 is 0. The molecule has 0 atom stereocenters. The monoisotopic (exact) mass is 202 g/mol. The average molecular weight is 202 g/mol. The fraction of sp³-hybridized carbons (Fsp3) is 0.778. The molecule has 1 heterocycles. The zero-order valence-corrected chi connectivity index (χ0v) is 9.24. The Hall–Kier alpha value is -1.26. The molecule has 0 aromatic rings. The van der Waals surface area contributed by atoms with Crippen molar-refractivity contribution in [3.05, 3.63) is 0 Å². The number of nitrogens with zero attached hydrogens (tertiary/aromatic N) is 2. The van der Waals surface area contributed by atoms with Crippen LogP contribution in [0.2, 0.25) is 0 Å². The molecule has 82 valence electrons. The summed E-state index contributed by atoms with van der Waals surface area (Å²) < 4.78 is 5.85. The number of hydrogen-bond donors (Lipinski definition) is 0. The fourth-order valence-corrected chi connectivity index (χ4v) is 1.22. The summed E-state index contributed by atoms with van der Waals surface area (Å²) in [4.78, 5) is 11.4. The minimum absolute atomic E-state index is 1.04. The molecule has 0 amide bonds. The summed E-state index contributed by atoms with van der Waals surface area (Å²) in [6.07, 6.45) is -1.50. The first-order chi connectivity index (χ1) is 6.52. The van der Waals surface area contributed by atoms with E-state index in [0.717, 1.165) is 13.7 Å². The molecule has 0 radical (unpaired) electrons. The maximum atomic E-state index is 9.03. The number of hydrogen-bond acceptors (Lipinski definition) is 4. The molecule has 1 rings (SSSR count). The molecule has 0 saturated carbocycles.